The van der Waals surface area contributed by atoms with E-state index in [0.29, 0.717) is 17.7 Å². The van der Waals surface area contributed by atoms with E-state index in [1.165, 1.54) is 5.01 Å². The molecule has 0 unspecified atom stereocenters. The topological polar surface area (TPSA) is 71.0 Å². The van der Waals surface area contributed by atoms with E-state index in [-0.39, 0.29) is 11.8 Å². The van der Waals surface area contributed by atoms with Gasteiger partial charge in [0, 0.05) is 12.1 Å². The molecule has 0 bridgehead atoms. The molecule has 4 aromatic rings. The minimum atomic E-state index is -0.657. The van der Waals surface area contributed by atoms with Crippen molar-refractivity contribution in [2.45, 2.75) is 32.4 Å². The van der Waals surface area contributed by atoms with Gasteiger partial charge in [-0.3, -0.25) is 9.59 Å². The smallest absolute Gasteiger partial charge is 0.274 e. The lowest BCUT2D eigenvalue weighted by molar-refractivity contribution is -0.124. The normalized spacial score (nSPS) is 16.7. The molecule has 0 aliphatic carbocycles. The third-order valence-electron chi connectivity index (χ3n) is 7.05. The fourth-order valence-corrected chi connectivity index (χ4v) is 4.85. The van der Waals surface area contributed by atoms with Gasteiger partial charge in [0.05, 0.1) is 25.3 Å². The molecule has 0 aromatic heterocycles. The van der Waals surface area contributed by atoms with Crippen molar-refractivity contribution in [3.8, 4) is 5.75 Å². The molecule has 0 radical (unpaired) electrons. The Labute approximate surface area is 228 Å². The van der Waals surface area contributed by atoms with Gasteiger partial charge in [0.1, 0.15) is 5.75 Å². The molecule has 1 N–H and O–H groups in total. The molecule has 1 heterocycles. The van der Waals surface area contributed by atoms with Crippen LogP contribution >= 0.6 is 0 Å². The lowest BCUT2D eigenvalue weighted by atomic mass is 9.80. The van der Waals surface area contributed by atoms with E-state index in [0.717, 1.165) is 33.6 Å². The standard InChI is InChI=1S/C33H31N3O3/c1-22-8-12-25(13-9-22)21-35-36-31(26-16-10-23(2)11-17-26)30(28-6-4-5-7-29(28)33(36)38)32(37)34-20-24-14-18-27(39-3)19-15-24/h4-19,21,30-31H,20H2,1-3H3,(H,34,37)/b35-21+/t30-,31+/m1/s1. The molecule has 2 atom stereocenters. The number of carbonyl (C=O) groups is 2. The molecule has 1 aliphatic rings. The number of nitrogens with one attached hydrogen (secondary N) is 1. The minimum absolute atomic E-state index is 0.174. The maximum absolute atomic E-state index is 13.9. The molecule has 5 rings (SSSR count). The Kier molecular flexibility index (Phi) is 7.55. The lowest BCUT2D eigenvalue weighted by Gasteiger charge is -2.39. The number of benzene rings is 4. The van der Waals surface area contributed by atoms with Crippen molar-refractivity contribution >= 4 is 18.0 Å². The Hall–Kier alpha value is -4.71. The van der Waals surface area contributed by atoms with Crippen LogP contribution in [0.1, 0.15) is 55.7 Å². The number of hydrazone groups is 1. The van der Waals surface area contributed by atoms with E-state index in [9.17, 15) is 9.59 Å². The molecule has 0 spiro atoms. The maximum Gasteiger partial charge on any atom is 0.274 e. The molecular formula is C33H31N3O3. The highest BCUT2D eigenvalue weighted by Crippen LogP contribution is 2.43. The number of ether oxygens (including phenoxy) is 1. The first-order chi connectivity index (χ1) is 18.9. The first-order valence-corrected chi connectivity index (χ1v) is 12.9. The minimum Gasteiger partial charge on any atom is -0.497 e. The van der Waals surface area contributed by atoms with Crippen molar-refractivity contribution in [1.82, 2.24) is 10.3 Å². The van der Waals surface area contributed by atoms with Crippen LogP contribution in [0.5, 0.6) is 5.75 Å². The van der Waals surface area contributed by atoms with Crippen molar-refractivity contribution in [3.63, 3.8) is 0 Å². The van der Waals surface area contributed by atoms with Crippen molar-refractivity contribution in [2.75, 3.05) is 7.11 Å². The van der Waals surface area contributed by atoms with Crippen LogP contribution < -0.4 is 10.1 Å². The molecule has 4 aromatic carbocycles. The molecule has 0 fully saturated rings. The van der Waals surface area contributed by atoms with Gasteiger partial charge in [0.2, 0.25) is 5.91 Å². The highest BCUT2D eigenvalue weighted by atomic mass is 16.5. The zero-order chi connectivity index (χ0) is 27.4. The number of fused-ring (bicyclic) bond motifs is 1. The third kappa shape index (κ3) is 5.60. The summed E-state index contributed by atoms with van der Waals surface area (Å²) in [5, 5.41) is 9.24. The van der Waals surface area contributed by atoms with Crippen LogP contribution in [-0.2, 0) is 11.3 Å². The summed E-state index contributed by atoms with van der Waals surface area (Å²) in [6.07, 6.45) is 1.68. The molecule has 6 nitrogen and oxygen atoms in total. The maximum atomic E-state index is 13.9. The van der Waals surface area contributed by atoms with E-state index in [2.05, 4.69) is 10.4 Å². The quantitative estimate of drug-likeness (QED) is 0.308. The Morgan fingerprint density at radius 2 is 1.54 bits per heavy atom. The summed E-state index contributed by atoms with van der Waals surface area (Å²) in [6.45, 7) is 4.38. The Morgan fingerprint density at radius 1 is 0.897 bits per heavy atom. The van der Waals surface area contributed by atoms with Crippen LogP contribution in [0.25, 0.3) is 0 Å². The monoisotopic (exact) mass is 517 g/mol. The predicted octanol–water partition coefficient (Wildman–Crippen LogP) is 5.94. The summed E-state index contributed by atoms with van der Waals surface area (Å²) in [5.74, 6) is -0.313. The summed E-state index contributed by atoms with van der Waals surface area (Å²) in [5.41, 5.74) is 6.07. The highest BCUT2D eigenvalue weighted by Gasteiger charge is 2.44. The Morgan fingerprint density at radius 3 is 2.21 bits per heavy atom. The molecule has 0 saturated heterocycles. The number of aryl methyl sites for hydroxylation is 2. The fourth-order valence-electron chi connectivity index (χ4n) is 4.85. The van der Waals surface area contributed by atoms with E-state index < -0.39 is 12.0 Å². The zero-order valence-electron chi connectivity index (χ0n) is 22.3. The van der Waals surface area contributed by atoms with Crippen LogP contribution in [-0.4, -0.2) is 30.1 Å². The summed E-state index contributed by atoms with van der Waals surface area (Å²) >= 11 is 0. The van der Waals surface area contributed by atoms with Crippen LogP contribution in [0, 0.1) is 13.8 Å². The third-order valence-corrected chi connectivity index (χ3v) is 7.05. The molecule has 39 heavy (non-hydrogen) atoms. The first kappa shape index (κ1) is 25.9. The summed E-state index contributed by atoms with van der Waals surface area (Å²) in [4.78, 5) is 27.8. The van der Waals surface area contributed by atoms with Gasteiger partial charge < -0.3 is 10.1 Å². The summed E-state index contributed by atoms with van der Waals surface area (Å²) < 4.78 is 5.24. The van der Waals surface area contributed by atoms with Crippen LogP contribution in [0.15, 0.2) is 102 Å². The first-order valence-electron chi connectivity index (χ1n) is 12.9. The molecular weight excluding hydrogens is 486 g/mol. The van der Waals surface area contributed by atoms with Gasteiger partial charge in [-0.2, -0.15) is 5.10 Å². The van der Waals surface area contributed by atoms with E-state index in [1.807, 2.05) is 105 Å². The van der Waals surface area contributed by atoms with Crippen LogP contribution in [0.2, 0.25) is 0 Å². The predicted molar refractivity (Wildman–Crippen MR) is 153 cm³/mol. The lowest BCUT2D eigenvalue weighted by Crippen LogP contribution is -2.45. The Balaban J connectivity index is 1.55. The second-order valence-electron chi connectivity index (χ2n) is 9.79. The number of amides is 2. The number of carbonyl (C=O) groups excluding carboxylic acids is 2. The average Bonchev–Trinajstić information content (AvgIpc) is 2.97. The second kappa shape index (κ2) is 11.4. The number of hydrogen-bond acceptors (Lipinski definition) is 4. The summed E-state index contributed by atoms with van der Waals surface area (Å²) in [6, 6.07) is 30.1. The Bertz CT molecular complexity index is 1490. The molecule has 6 heteroatoms. The SMILES string of the molecule is COc1ccc(CNC(=O)[C@@H]2c3ccccc3C(=O)N(/N=C/c3ccc(C)cc3)[C@H]2c2ccc(C)cc2)cc1. The van der Waals surface area contributed by atoms with Crippen LogP contribution in [0.3, 0.4) is 0 Å². The van der Waals surface area contributed by atoms with Gasteiger partial charge in [-0.05, 0) is 54.3 Å². The van der Waals surface area contributed by atoms with Crippen molar-refractivity contribution < 1.29 is 14.3 Å². The van der Waals surface area contributed by atoms with Gasteiger partial charge in [0.25, 0.3) is 5.91 Å². The molecule has 2 amide bonds. The average molecular weight is 518 g/mol. The number of rotatable bonds is 7. The van der Waals surface area contributed by atoms with Gasteiger partial charge in [-0.15, -0.1) is 0 Å². The molecule has 0 saturated carbocycles. The van der Waals surface area contributed by atoms with Gasteiger partial charge >= 0.3 is 0 Å². The second-order valence-corrected chi connectivity index (χ2v) is 9.79. The van der Waals surface area contributed by atoms with Gasteiger partial charge in [-0.1, -0.05) is 90.0 Å². The molecule has 1 aliphatic heterocycles. The van der Waals surface area contributed by atoms with E-state index >= 15 is 0 Å². The number of methoxy groups -OCH3 is 1. The number of hydrogen-bond donors (Lipinski definition) is 1. The molecule has 196 valence electrons. The fraction of sp³-hybridized carbons (Fsp3) is 0.182. The van der Waals surface area contributed by atoms with Crippen molar-refractivity contribution in [2.24, 2.45) is 5.10 Å². The van der Waals surface area contributed by atoms with E-state index in [4.69, 9.17) is 4.74 Å². The van der Waals surface area contributed by atoms with Gasteiger partial charge in [-0.25, -0.2) is 5.01 Å². The van der Waals surface area contributed by atoms with Gasteiger partial charge in [0.15, 0.2) is 0 Å². The van der Waals surface area contributed by atoms with Crippen molar-refractivity contribution in [3.05, 3.63) is 136 Å². The summed E-state index contributed by atoms with van der Waals surface area (Å²) in [7, 11) is 1.62. The van der Waals surface area contributed by atoms with E-state index in [1.54, 1.807) is 19.4 Å². The van der Waals surface area contributed by atoms with Crippen LogP contribution in [0.4, 0.5) is 0 Å². The largest absolute Gasteiger partial charge is 0.497 e. The zero-order valence-corrected chi connectivity index (χ0v) is 22.3. The highest BCUT2D eigenvalue weighted by molar-refractivity contribution is 6.01. The number of nitrogens with zero attached hydrogens (tertiary/aromatic N) is 2. The van der Waals surface area contributed by atoms with Crippen molar-refractivity contribution in [1.29, 1.82) is 0 Å².